The number of hydrogen-bond acceptors (Lipinski definition) is 3. The first kappa shape index (κ1) is 8.01. The van der Waals surface area contributed by atoms with E-state index in [1.165, 1.54) is 6.07 Å². The van der Waals surface area contributed by atoms with Gasteiger partial charge in [-0.2, -0.15) is 0 Å². The smallest absolute Gasteiger partial charge is 0.180 e. The van der Waals surface area contributed by atoms with E-state index >= 15 is 0 Å². The Morgan fingerprint density at radius 3 is 2.27 bits per heavy atom. The molecule has 0 bridgehead atoms. The van der Waals surface area contributed by atoms with Gasteiger partial charge >= 0.3 is 0 Å². The van der Waals surface area contributed by atoms with Crippen LogP contribution >= 0.6 is 11.6 Å². The van der Waals surface area contributed by atoms with Crippen molar-refractivity contribution in [2.45, 2.75) is 6.92 Å². The number of benzene rings is 1. The second-order valence-electron chi connectivity index (χ2n) is 2.22. The molecule has 1 aromatic rings. The quantitative estimate of drug-likeness (QED) is 0.415. The highest BCUT2D eigenvalue weighted by molar-refractivity contribution is 6.33. The summed E-state index contributed by atoms with van der Waals surface area (Å²) in [4.78, 5) is 0. The van der Waals surface area contributed by atoms with E-state index < -0.39 is 5.75 Å². The molecule has 3 N–H and O–H groups in total. The van der Waals surface area contributed by atoms with Gasteiger partial charge in [0.1, 0.15) is 10.8 Å². The van der Waals surface area contributed by atoms with Crippen molar-refractivity contribution in [2.75, 3.05) is 0 Å². The van der Waals surface area contributed by atoms with E-state index in [2.05, 4.69) is 0 Å². The molecule has 1 aromatic carbocycles. The van der Waals surface area contributed by atoms with Crippen LogP contribution in [-0.2, 0) is 0 Å². The van der Waals surface area contributed by atoms with Gasteiger partial charge < -0.3 is 15.3 Å². The van der Waals surface area contributed by atoms with Crippen LogP contribution in [-0.4, -0.2) is 15.3 Å². The maximum Gasteiger partial charge on any atom is 0.180 e. The van der Waals surface area contributed by atoms with Gasteiger partial charge in [0.25, 0.3) is 0 Å². The summed E-state index contributed by atoms with van der Waals surface area (Å²) in [6.07, 6.45) is 0. The molecule has 0 fully saturated rings. The number of halogens is 1. The molecule has 0 spiro atoms. The summed E-state index contributed by atoms with van der Waals surface area (Å²) in [5.74, 6) is -1.02. The minimum Gasteiger partial charge on any atom is -0.506 e. The standard InChI is InChI=1S/C7H7ClO3/c1-3-2-4(9)5(8)7(11)6(3)10/h2,9-11H,1H3. The fraction of sp³-hybridized carbons (Fsp3) is 0.143. The number of hydrogen-bond donors (Lipinski definition) is 3. The molecular formula is C7H7ClO3. The number of phenols is 3. The lowest BCUT2D eigenvalue weighted by Gasteiger charge is -2.04. The van der Waals surface area contributed by atoms with E-state index in [0.717, 1.165) is 0 Å². The molecule has 0 aliphatic heterocycles. The average molecular weight is 175 g/mol. The maximum atomic E-state index is 9.07. The highest BCUT2D eigenvalue weighted by Crippen LogP contribution is 2.41. The van der Waals surface area contributed by atoms with Crippen LogP contribution < -0.4 is 0 Å². The Morgan fingerprint density at radius 2 is 1.73 bits per heavy atom. The fourth-order valence-corrected chi connectivity index (χ4v) is 0.893. The normalized spacial score (nSPS) is 10.0. The summed E-state index contributed by atoms with van der Waals surface area (Å²) < 4.78 is 0. The van der Waals surface area contributed by atoms with Gasteiger partial charge in [-0.05, 0) is 18.6 Å². The van der Waals surface area contributed by atoms with Crippen LogP contribution in [0.25, 0.3) is 0 Å². The number of phenolic OH excluding ortho intramolecular Hbond substituents is 3. The monoisotopic (exact) mass is 174 g/mol. The van der Waals surface area contributed by atoms with E-state index in [1.807, 2.05) is 0 Å². The van der Waals surface area contributed by atoms with Crippen LogP contribution in [0.4, 0.5) is 0 Å². The minimum atomic E-state index is -0.482. The topological polar surface area (TPSA) is 60.7 Å². The van der Waals surface area contributed by atoms with Crippen molar-refractivity contribution in [3.8, 4) is 17.2 Å². The van der Waals surface area contributed by atoms with Gasteiger partial charge in [-0.25, -0.2) is 0 Å². The van der Waals surface area contributed by atoms with Crippen molar-refractivity contribution in [3.63, 3.8) is 0 Å². The lowest BCUT2D eigenvalue weighted by molar-refractivity contribution is 0.394. The molecule has 0 unspecified atom stereocenters. The molecule has 60 valence electrons. The first-order valence-electron chi connectivity index (χ1n) is 2.94. The second kappa shape index (κ2) is 2.51. The maximum absolute atomic E-state index is 9.07. The summed E-state index contributed by atoms with van der Waals surface area (Å²) in [6.45, 7) is 1.55. The first-order chi connectivity index (χ1) is 5.04. The van der Waals surface area contributed by atoms with Crippen LogP contribution in [0.2, 0.25) is 5.02 Å². The van der Waals surface area contributed by atoms with E-state index in [1.54, 1.807) is 6.92 Å². The zero-order chi connectivity index (χ0) is 8.59. The minimum absolute atomic E-state index is 0.229. The Morgan fingerprint density at radius 1 is 1.18 bits per heavy atom. The molecule has 3 nitrogen and oxygen atoms in total. The third-order valence-corrected chi connectivity index (χ3v) is 1.76. The number of aryl methyl sites for hydroxylation is 1. The molecule has 0 saturated heterocycles. The number of aromatic hydroxyl groups is 3. The molecule has 1 rings (SSSR count). The average Bonchev–Trinajstić information content (AvgIpc) is 1.97. The van der Waals surface area contributed by atoms with Gasteiger partial charge in [-0.15, -0.1) is 0 Å². The van der Waals surface area contributed by atoms with Crippen molar-refractivity contribution < 1.29 is 15.3 Å². The van der Waals surface area contributed by atoms with Crippen LogP contribution in [0.15, 0.2) is 6.07 Å². The lowest BCUT2D eigenvalue weighted by atomic mass is 10.2. The Kier molecular flexibility index (Phi) is 1.83. The lowest BCUT2D eigenvalue weighted by Crippen LogP contribution is -1.78. The van der Waals surface area contributed by atoms with E-state index in [0.29, 0.717) is 5.56 Å². The Bertz CT molecular complexity index is 270. The molecule has 4 heteroatoms. The third kappa shape index (κ3) is 1.19. The predicted molar refractivity (Wildman–Crippen MR) is 41.2 cm³/mol. The molecular weight excluding hydrogens is 168 g/mol. The SMILES string of the molecule is Cc1cc(O)c(Cl)c(O)c1O. The second-order valence-corrected chi connectivity index (χ2v) is 2.60. The Hall–Kier alpha value is -1.09. The summed E-state index contributed by atoms with van der Waals surface area (Å²) >= 11 is 5.39. The molecule has 0 aliphatic rings. The molecule has 0 amide bonds. The number of rotatable bonds is 0. The molecule has 0 heterocycles. The van der Waals surface area contributed by atoms with Crippen molar-refractivity contribution >= 4 is 11.6 Å². The van der Waals surface area contributed by atoms with E-state index in [4.69, 9.17) is 26.9 Å². The summed E-state index contributed by atoms with van der Waals surface area (Å²) in [6, 6.07) is 1.28. The van der Waals surface area contributed by atoms with Gasteiger partial charge in [0, 0.05) is 0 Å². The summed E-state index contributed by atoms with van der Waals surface area (Å²) in [5.41, 5.74) is 0.379. The van der Waals surface area contributed by atoms with Crippen LogP contribution in [0.5, 0.6) is 17.2 Å². The molecule has 0 aromatic heterocycles. The first-order valence-corrected chi connectivity index (χ1v) is 3.32. The van der Waals surface area contributed by atoms with Crippen molar-refractivity contribution in [1.29, 1.82) is 0 Å². The molecule has 11 heavy (non-hydrogen) atoms. The Labute approximate surface area is 68.5 Å². The van der Waals surface area contributed by atoms with Crippen molar-refractivity contribution in [1.82, 2.24) is 0 Å². The van der Waals surface area contributed by atoms with E-state index in [-0.39, 0.29) is 16.5 Å². The highest BCUT2D eigenvalue weighted by Gasteiger charge is 2.11. The molecule has 0 radical (unpaired) electrons. The van der Waals surface area contributed by atoms with Crippen molar-refractivity contribution in [2.24, 2.45) is 0 Å². The predicted octanol–water partition coefficient (Wildman–Crippen LogP) is 1.77. The summed E-state index contributed by atoms with van der Waals surface area (Å²) in [5, 5.41) is 26.9. The van der Waals surface area contributed by atoms with Crippen LogP contribution in [0.3, 0.4) is 0 Å². The molecule has 0 atom stereocenters. The zero-order valence-corrected chi connectivity index (χ0v) is 6.55. The van der Waals surface area contributed by atoms with Crippen LogP contribution in [0.1, 0.15) is 5.56 Å². The van der Waals surface area contributed by atoms with Crippen LogP contribution in [0, 0.1) is 6.92 Å². The molecule has 0 saturated carbocycles. The van der Waals surface area contributed by atoms with E-state index in [9.17, 15) is 0 Å². The Balaban J connectivity index is 3.46. The van der Waals surface area contributed by atoms with Gasteiger partial charge in [0.05, 0.1) is 0 Å². The third-order valence-electron chi connectivity index (χ3n) is 1.38. The van der Waals surface area contributed by atoms with Gasteiger partial charge in [-0.1, -0.05) is 11.6 Å². The largest absolute Gasteiger partial charge is 0.506 e. The fourth-order valence-electron chi connectivity index (χ4n) is 0.749. The van der Waals surface area contributed by atoms with Gasteiger partial charge in [-0.3, -0.25) is 0 Å². The highest BCUT2D eigenvalue weighted by atomic mass is 35.5. The zero-order valence-electron chi connectivity index (χ0n) is 5.80. The summed E-state index contributed by atoms with van der Waals surface area (Å²) in [7, 11) is 0. The van der Waals surface area contributed by atoms with Crippen molar-refractivity contribution in [3.05, 3.63) is 16.7 Å². The molecule has 0 aliphatic carbocycles. The van der Waals surface area contributed by atoms with Gasteiger partial charge in [0.15, 0.2) is 11.5 Å². The van der Waals surface area contributed by atoms with Gasteiger partial charge in [0.2, 0.25) is 0 Å².